The second kappa shape index (κ2) is 6.69. The number of nitrogens with one attached hydrogen (secondary N) is 1. The molecule has 1 fully saturated rings. The highest BCUT2D eigenvalue weighted by Gasteiger charge is 2.45. The molecule has 1 aliphatic rings. The van der Waals surface area contributed by atoms with Crippen LogP contribution in [0.15, 0.2) is 42.6 Å². The number of carbonyl (C=O) groups is 1. The minimum absolute atomic E-state index is 0.00476. The molecule has 1 N–H and O–H groups in total. The maximum atomic E-state index is 12.5. The van der Waals surface area contributed by atoms with E-state index >= 15 is 0 Å². The normalized spacial score (nSPS) is 19.0. The van der Waals surface area contributed by atoms with Crippen LogP contribution in [0.3, 0.4) is 0 Å². The van der Waals surface area contributed by atoms with Crippen molar-refractivity contribution in [3.63, 3.8) is 0 Å². The highest BCUT2D eigenvalue weighted by atomic mass is 16.5. The van der Waals surface area contributed by atoms with Crippen molar-refractivity contribution in [1.82, 2.24) is 4.98 Å². The van der Waals surface area contributed by atoms with Crippen LogP contribution in [0.25, 0.3) is 0 Å². The van der Waals surface area contributed by atoms with Gasteiger partial charge < -0.3 is 14.8 Å². The molecule has 23 heavy (non-hydrogen) atoms. The third-order valence-electron chi connectivity index (χ3n) is 3.98. The Morgan fingerprint density at radius 1 is 1.30 bits per heavy atom. The van der Waals surface area contributed by atoms with E-state index in [0.717, 1.165) is 17.7 Å². The predicted molar refractivity (Wildman–Crippen MR) is 87.9 cm³/mol. The van der Waals surface area contributed by atoms with Gasteiger partial charge in [0.25, 0.3) is 0 Å². The summed E-state index contributed by atoms with van der Waals surface area (Å²) in [4.78, 5) is 16.6. The molecule has 5 heteroatoms. The summed E-state index contributed by atoms with van der Waals surface area (Å²) in [6.07, 6.45) is 2.48. The van der Waals surface area contributed by atoms with Gasteiger partial charge in [-0.25, -0.2) is 4.98 Å². The number of methoxy groups -OCH3 is 1. The Kier molecular flexibility index (Phi) is 4.46. The van der Waals surface area contributed by atoms with Gasteiger partial charge in [-0.15, -0.1) is 0 Å². The first-order valence-corrected chi connectivity index (χ1v) is 7.76. The number of hydrogen-bond donors (Lipinski definition) is 1. The van der Waals surface area contributed by atoms with E-state index in [9.17, 15) is 4.79 Å². The third kappa shape index (κ3) is 3.28. The Bertz CT molecular complexity index is 702. The number of amides is 1. The number of rotatable bonds is 6. The van der Waals surface area contributed by atoms with Gasteiger partial charge in [-0.2, -0.15) is 0 Å². The minimum Gasteiger partial charge on any atom is -0.496 e. The van der Waals surface area contributed by atoms with Gasteiger partial charge in [-0.05, 0) is 43.0 Å². The number of carbonyl (C=O) groups excluding carboxylic acids is 1. The van der Waals surface area contributed by atoms with Crippen LogP contribution >= 0.6 is 0 Å². The molecular formula is C18H20N2O3. The average molecular weight is 312 g/mol. The molecule has 2 atom stereocenters. The van der Waals surface area contributed by atoms with E-state index in [4.69, 9.17) is 9.47 Å². The molecule has 2 aromatic rings. The number of ether oxygens (including phenoxy) is 2. The van der Waals surface area contributed by atoms with Gasteiger partial charge in [-0.3, -0.25) is 4.79 Å². The van der Waals surface area contributed by atoms with E-state index in [1.807, 2.05) is 31.2 Å². The van der Waals surface area contributed by atoms with Crippen LogP contribution in [-0.4, -0.2) is 24.6 Å². The van der Waals surface area contributed by atoms with Gasteiger partial charge >= 0.3 is 0 Å². The molecule has 0 aliphatic heterocycles. The zero-order chi connectivity index (χ0) is 16.2. The van der Waals surface area contributed by atoms with Crippen LogP contribution in [0, 0.1) is 5.92 Å². The summed E-state index contributed by atoms with van der Waals surface area (Å²) >= 11 is 0. The number of pyridine rings is 1. The van der Waals surface area contributed by atoms with E-state index in [1.165, 1.54) is 0 Å². The second-order valence-electron chi connectivity index (χ2n) is 5.47. The molecule has 0 unspecified atom stereocenters. The van der Waals surface area contributed by atoms with Crippen molar-refractivity contribution in [2.24, 2.45) is 5.92 Å². The van der Waals surface area contributed by atoms with Crippen molar-refractivity contribution < 1.29 is 14.3 Å². The quantitative estimate of drug-likeness (QED) is 0.889. The van der Waals surface area contributed by atoms with E-state index in [-0.39, 0.29) is 17.7 Å². The Hall–Kier alpha value is -2.56. The van der Waals surface area contributed by atoms with Crippen molar-refractivity contribution in [2.75, 3.05) is 19.0 Å². The summed E-state index contributed by atoms with van der Waals surface area (Å²) in [5, 5.41) is 2.93. The molecule has 120 valence electrons. The van der Waals surface area contributed by atoms with Crippen molar-refractivity contribution in [3.05, 3.63) is 48.2 Å². The Morgan fingerprint density at radius 2 is 2.13 bits per heavy atom. The summed E-state index contributed by atoms with van der Waals surface area (Å²) < 4.78 is 10.8. The molecule has 1 saturated carbocycles. The fraction of sp³-hybridized carbons (Fsp3) is 0.333. The third-order valence-corrected chi connectivity index (χ3v) is 3.98. The number of hydrogen-bond acceptors (Lipinski definition) is 4. The van der Waals surface area contributed by atoms with Crippen LogP contribution in [0.4, 0.5) is 5.69 Å². The largest absolute Gasteiger partial charge is 0.496 e. The van der Waals surface area contributed by atoms with Crippen molar-refractivity contribution >= 4 is 11.6 Å². The summed E-state index contributed by atoms with van der Waals surface area (Å²) in [6.45, 7) is 2.39. The first-order valence-electron chi connectivity index (χ1n) is 7.76. The fourth-order valence-corrected chi connectivity index (χ4v) is 2.76. The van der Waals surface area contributed by atoms with Crippen LogP contribution in [0.2, 0.25) is 0 Å². The molecular weight excluding hydrogens is 292 g/mol. The predicted octanol–water partition coefficient (Wildman–Crippen LogP) is 3.23. The molecule has 3 rings (SSSR count). The molecule has 0 saturated heterocycles. The summed E-state index contributed by atoms with van der Waals surface area (Å²) in [7, 11) is 1.65. The van der Waals surface area contributed by atoms with Crippen molar-refractivity contribution in [2.45, 2.75) is 19.3 Å². The number of aromatic nitrogens is 1. The summed E-state index contributed by atoms with van der Waals surface area (Å²) in [5.41, 5.74) is 1.70. The fourth-order valence-electron chi connectivity index (χ4n) is 2.76. The highest BCUT2D eigenvalue weighted by molar-refractivity contribution is 5.96. The molecule has 1 aromatic heterocycles. The lowest BCUT2D eigenvalue weighted by atomic mass is 10.1. The Labute approximate surface area is 135 Å². The van der Waals surface area contributed by atoms with Gasteiger partial charge in [0.15, 0.2) is 0 Å². The van der Waals surface area contributed by atoms with Crippen LogP contribution in [0.1, 0.15) is 24.8 Å². The number of benzene rings is 1. The van der Waals surface area contributed by atoms with Crippen LogP contribution in [-0.2, 0) is 4.79 Å². The summed E-state index contributed by atoms with van der Waals surface area (Å²) in [6, 6.07) is 11.4. The zero-order valence-corrected chi connectivity index (χ0v) is 13.3. The van der Waals surface area contributed by atoms with E-state index in [0.29, 0.717) is 18.2 Å². The molecule has 1 aliphatic carbocycles. The number of nitrogens with zero attached hydrogens (tertiary/aromatic N) is 1. The maximum Gasteiger partial charge on any atom is 0.237 e. The minimum atomic E-state index is -0.0408. The number of anilines is 1. The lowest BCUT2D eigenvalue weighted by Gasteiger charge is -2.10. The molecule has 1 heterocycles. The monoisotopic (exact) mass is 312 g/mol. The van der Waals surface area contributed by atoms with E-state index < -0.39 is 0 Å². The SMILES string of the molecule is CCOc1ncccc1NC(=O)[C@H]1C[C@@H]1c1ccccc1OC. The first-order chi connectivity index (χ1) is 11.2. The van der Waals surface area contributed by atoms with Gasteiger partial charge in [0.05, 0.1) is 13.7 Å². The maximum absolute atomic E-state index is 12.5. The molecule has 1 amide bonds. The molecule has 0 radical (unpaired) electrons. The highest BCUT2D eigenvalue weighted by Crippen LogP contribution is 2.50. The van der Waals surface area contributed by atoms with Gasteiger partial charge in [0.2, 0.25) is 11.8 Å². The van der Waals surface area contributed by atoms with Gasteiger partial charge in [0, 0.05) is 12.1 Å². The van der Waals surface area contributed by atoms with E-state index in [2.05, 4.69) is 10.3 Å². The topological polar surface area (TPSA) is 60.5 Å². The Morgan fingerprint density at radius 3 is 2.91 bits per heavy atom. The Balaban J connectivity index is 1.69. The smallest absolute Gasteiger partial charge is 0.237 e. The molecule has 0 bridgehead atoms. The lowest BCUT2D eigenvalue weighted by Crippen LogP contribution is -2.16. The average Bonchev–Trinajstić information content (AvgIpc) is 3.37. The zero-order valence-electron chi connectivity index (χ0n) is 13.3. The first kappa shape index (κ1) is 15.3. The summed E-state index contributed by atoms with van der Waals surface area (Å²) in [5.74, 6) is 1.45. The second-order valence-corrected chi connectivity index (χ2v) is 5.47. The van der Waals surface area contributed by atoms with Crippen LogP contribution in [0.5, 0.6) is 11.6 Å². The van der Waals surface area contributed by atoms with Gasteiger partial charge in [-0.1, -0.05) is 18.2 Å². The molecule has 5 nitrogen and oxygen atoms in total. The van der Waals surface area contributed by atoms with Crippen LogP contribution < -0.4 is 14.8 Å². The lowest BCUT2D eigenvalue weighted by molar-refractivity contribution is -0.117. The van der Waals surface area contributed by atoms with Crippen molar-refractivity contribution in [1.29, 1.82) is 0 Å². The standard InChI is InChI=1S/C18H20N2O3/c1-3-23-18-15(8-6-10-19-18)20-17(21)14-11-13(14)12-7-4-5-9-16(12)22-2/h4-10,13-14H,3,11H2,1-2H3,(H,20,21)/t13-,14+/m1/s1. The van der Waals surface area contributed by atoms with E-state index in [1.54, 1.807) is 25.4 Å². The van der Waals surface area contributed by atoms with Gasteiger partial charge in [0.1, 0.15) is 11.4 Å². The molecule has 1 aromatic carbocycles. The number of para-hydroxylation sites is 1. The molecule has 0 spiro atoms. The van der Waals surface area contributed by atoms with Crippen molar-refractivity contribution in [3.8, 4) is 11.6 Å².